The Morgan fingerprint density at radius 2 is 2.10 bits per heavy atom. The van der Waals surface area contributed by atoms with Gasteiger partial charge in [0.25, 0.3) is 0 Å². The molecule has 0 aliphatic rings. The summed E-state index contributed by atoms with van der Waals surface area (Å²) in [6.07, 6.45) is 0.601. The van der Waals surface area contributed by atoms with E-state index >= 15 is 0 Å². The number of carbonyl (C=O) groups is 1. The van der Waals surface area contributed by atoms with Crippen LogP contribution in [0.5, 0.6) is 0 Å². The van der Waals surface area contributed by atoms with E-state index in [0.717, 1.165) is 5.56 Å². The van der Waals surface area contributed by atoms with Gasteiger partial charge in [0.15, 0.2) is 5.82 Å². The largest absolute Gasteiger partial charge is 0.465 e. The fourth-order valence-electron chi connectivity index (χ4n) is 1.63. The average molecular weight is 292 g/mol. The lowest BCUT2D eigenvalue weighted by Gasteiger charge is -2.04. The molecule has 1 aromatic carbocycles. The number of rotatable bonds is 6. The Hall–Kier alpha value is -2.02. The van der Waals surface area contributed by atoms with Crippen LogP contribution in [0, 0.1) is 0 Å². The monoisotopic (exact) mass is 292 g/mol. The number of aromatic nitrogens is 3. The van der Waals surface area contributed by atoms with E-state index in [1.165, 1.54) is 16.4 Å². The maximum atomic E-state index is 11.3. The molecule has 0 saturated carbocycles. The molecule has 1 heterocycles. The van der Waals surface area contributed by atoms with Gasteiger partial charge in [0.05, 0.1) is 12.4 Å². The summed E-state index contributed by atoms with van der Waals surface area (Å²) in [5.74, 6) is 6.47. The lowest BCUT2D eigenvalue weighted by atomic mass is 10.1. The first kappa shape index (κ1) is 14.4. The number of hydrogen-bond acceptors (Lipinski definition) is 6. The first-order valence-electron chi connectivity index (χ1n) is 6.22. The van der Waals surface area contributed by atoms with Crippen molar-refractivity contribution in [3.8, 4) is 0 Å². The van der Waals surface area contributed by atoms with E-state index in [1.54, 1.807) is 6.92 Å². The van der Waals surface area contributed by atoms with Gasteiger partial charge in [0.2, 0.25) is 5.16 Å². The Morgan fingerprint density at radius 1 is 1.35 bits per heavy atom. The molecule has 0 bridgehead atoms. The van der Waals surface area contributed by atoms with Crippen molar-refractivity contribution in [3.63, 3.8) is 0 Å². The second-order valence-electron chi connectivity index (χ2n) is 4.02. The van der Waals surface area contributed by atoms with Gasteiger partial charge in [0.1, 0.15) is 0 Å². The van der Waals surface area contributed by atoms with Crippen molar-refractivity contribution >= 4 is 17.7 Å². The highest BCUT2D eigenvalue weighted by Gasteiger charge is 2.12. The number of nitrogen functional groups attached to an aromatic ring is 1. The predicted octanol–water partition coefficient (Wildman–Crippen LogP) is 1.24. The SMILES string of the molecule is CCOC(=O)CSc1nnc(Cc2ccccc2)n1N. The van der Waals surface area contributed by atoms with E-state index < -0.39 is 0 Å². The van der Waals surface area contributed by atoms with Crippen LogP contribution in [-0.2, 0) is 16.0 Å². The lowest BCUT2D eigenvalue weighted by molar-refractivity contribution is -0.139. The Morgan fingerprint density at radius 3 is 2.80 bits per heavy atom. The van der Waals surface area contributed by atoms with Crippen LogP contribution < -0.4 is 5.84 Å². The molecule has 2 aromatic rings. The van der Waals surface area contributed by atoms with Crippen molar-refractivity contribution < 1.29 is 9.53 Å². The molecule has 2 N–H and O–H groups in total. The third-order valence-corrected chi connectivity index (χ3v) is 3.48. The summed E-state index contributed by atoms with van der Waals surface area (Å²) in [7, 11) is 0. The smallest absolute Gasteiger partial charge is 0.316 e. The molecule has 0 spiro atoms. The Kier molecular flexibility index (Phi) is 5.00. The van der Waals surface area contributed by atoms with E-state index in [4.69, 9.17) is 10.6 Å². The van der Waals surface area contributed by atoms with Gasteiger partial charge in [-0.25, -0.2) is 4.68 Å². The van der Waals surface area contributed by atoms with Gasteiger partial charge in [-0.15, -0.1) is 10.2 Å². The zero-order valence-corrected chi connectivity index (χ0v) is 12.0. The summed E-state index contributed by atoms with van der Waals surface area (Å²) < 4.78 is 6.26. The van der Waals surface area contributed by atoms with Crippen LogP contribution in [0.3, 0.4) is 0 Å². The molecule has 0 atom stereocenters. The highest BCUT2D eigenvalue weighted by atomic mass is 32.2. The minimum absolute atomic E-state index is 0.175. The van der Waals surface area contributed by atoms with E-state index in [1.807, 2.05) is 30.3 Å². The number of hydrogen-bond donors (Lipinski definition) is 1. The molecule has 0 saturated heterocycles. The predicted molar refractivity (Wildman–Crippen MR) is 76.8 cm³/mol. The zero-order valence-electron chi connectivity index (χ0n) is 11.2. The number of esters is 1. The second-order valence-corrected chi connectivity index (χ2v) is 4.97. The van der Waals surface area contributed by atoms with Crippen LogP contribution in [0.1, 0.15) is 18.3 Å². The highest BCUT2D eigenvalue weighted by molar-refractivity contribution is 7.99. The first-order chi connectivity index (χ1) is 9.70. The molecule has 20 heavy (non-hydrogen) atoms. The maximum Gasteiger partial charge on any atom is 0.316 e. The van der Waals surface area contributed by atoms with Gasteiger partial charge in [-0.05, 0) is 12.5 Å². The molecule has 0 fully saturated rings. The maximum absolute atomic E-state index is 11.3. The Labute approximate surface area is 121 Å². The summed E-state index contributed by atoms with van der Waals surface area (Å²) in [6.45, 7) is 2.14. The summed E-state index contributed by atoms with van der Waals surface area (Å²) in [5.41, 5.74) is 1.11. The number of carbonyl (C=O) groups excluding carboxylic acids is 1. The van der Waals surface area contributed by atoms with Gasteiger partial charge < -0.3 is 10.6 Å². The lowest BCUT2D eigenvalue weighted by Crippen LogP contribution is -2.15. The fraction of sp³-hybridized carbons (Fsp3) is 0.308. The van der Waals surface area contributed by atoms with Crippen LogP contribution in [0.4, 0.5) is 0 Å². The molecule has 7 heteroatoms. The van der Waals surface area contributed by atoms with E-state index in [2.05, 4.69) is 10.2 Å². The Balaban J connectivity index is 1.98. The van der Waals surface area contributed by atoms with Crippen LogP contribution in [-0.4, -0.2) is 33.2 Å². The van der Waals surface area contributed by atoms with Crippen molar-refractivity contribution in [2.24, 2.45) is 0 Å². The molecule has 106 valence electrons. The van der Waals surface area contributed by atoms with Gasteiger partial charge >= 0.3 is 5.97 Å². The van der Waals surface area contributed by atoms with Gasteiger partial charge in [-0.1, -0.05) is 42.1 Å². The number of nitrogens with zero attached hydrogens (tertiary/aromatic N) is 3. The van der Waals surface area contributed by atoms with Crippen molar-refractivity contribution in [2.75, 3.05) is 18.2 Å². The van der Waals surface area contributed by atoms with E-state index in [-0.39, 0.29) is 11.7 Å². The van der Waals surface area contributed by atoms with Gasteiger partial charge in [-0.2, -0.15) is 0 Å². The van der Waals surface area contributed by atoms with Crippen molar-refractivity contribution in [3.05, 3.63) is 41.7 Å². The zero-order chi connectivity index (χ0) is 14.4. The minimum atomic E-state index is -0.287. The molecule has 0 aliphatic carbocycles. The third-order valence-electron chi connectivity index (χ3n) is 2.56. The minimum Gasteiger partial charge on any atom is -0.465 e. The van der Waals surface area contributed by atoms with Crippen LogP contribution in [0.2, 0.25) is 0 Å². The normalized spacial score (nSPS) is 10.4. The standard InChI is InChI=1S/C13H16N4O2S/c1-2-19-12(18)9-20-13-16-15-11(17(13)14)8-10-6-4-3-5-7-10/h3-7H,2,8-9,14H2,1H3. The molecule has 2 rings (SSSR count). The summed E-state index contributed by atoms with van der Waals surface area (Å²) in [4.78, 5) is 11.3. The number of nitrogens with two attached hydrogens (primary N) is 1. The molecule has 0 aliphatic heterocycles. The first-order valence-corrected chi connectivity index (χ1v) is 7.21. The topological polar surface area (TPSA) is 83.0 Å². The molecular formula is C13H16N4O2S. The van der Waals surface area contributed by atoms with Crippen LogP contribution >= 0.6 is 11.8 Å². The Bertz CT molecular complexity index is 571. The average Bonchev–Trinajstić information content (AvgIpc) is 2.79. The fourth-order valence-corrected chi connectivity index (χ4v) is 2.30. The van der Waals surface area contributed by atoms with Gasteiger partial charge in [0, 0.05) is 6.42 Å². The quantitative estimate of drug-likeness (QED) is 0.490. The highest BCUT2D eigenvalue weighted by Crippen LogP contribution is 2.16. The van der Waals surface area contributed by atoms with Gasteiger partial charge in [-0.3, -0.25) is 4.79 Å². The second kappa shape index (κ2) is 6.95. The number of benzene rings is 1. The van der Waals surface area contributed by atoms with E-state index in [9.17, 15) is 4.79 Å². The molecule has 0 unspecified atom stereocenters. The van der Waals surface area contributed by atoms with Crippen LogP contribution in [0.25, 0.3) is 0 Å². The molecular weight excluding hydrogens is 276 g/mol. The van der Waals surface area contributed by atoms with Crippen molar-refractivity contribution in [2.45, 2.75) is 18.5 Å². The number of thioether (sulfide) groups is 1. The molecule has 0 amide bonds. The summed E-state index contributed by atoms with van der Waals surface area (Å²) >= 11 is 1.22. The van der Waals surface area contributed by atoms with Crippen molar-refractivity contribution in [1.29, 1.82) is 0 Å². The number of ether oxygens (including phenoxy) is 1. The van der Waals surface area contributed by atoms with Crippen LogP contribution in [0.15, 0.2) is 35.5 Å². The third kappa shape index (κ3) is 3.74. The summed E-state index contributed by atoms with van der Waals surface area (Å²) in [5, 5.41) is 8.54. The van der Waals surface area contributed by atoms with E-state index in [0.29, 0.717) is 24.0 Å². The van der Waals surface area contributed by atoms with Crippen molar-refractivity contribution in [1.82, 2.24) is 14.9 Å². The molecule has 1 aromatic heterocycles. The molecule has 0 radical (unpaired) electrons. The summed E-state index contributed by atoms with van der Waals surface area (Å²) in [6, 6.07) is 9.88. The molecule has 6 nitrogen and oxygen atoms in total.